The summed E-state index contributed by atoms with van der Waals surface area (Å²) in [7, 11) is -4.40. The molecule has 0 atom stereocenters. The molecule has 0 unspecified atom stereocenters. The van der Waals surface area contributed by atoms with Crippen LogP contribution >= 0.6 is 0 Å². The van der Waals surface area contributed by atoms with E-state index in [-0.39, 0.29) is 15.8 Å². The summed E-state index contributed by atoms with van der Waals surface area (Å²) in [6.45, 7) is 1.87. The lowest BCUT2D eigenvalue weighted by Crippen LogP contribution is -2.23. The number of hydrogen-bond donors (Lipinski definition) is 3. The van der Waals surface area contributed by atoms with Crippen LogP contribution in [0.2, 0.25) is 0 Å². The molecule has 2 rings (SSSR count). The van der Waals surface area contributed by atoms with Crippen LogP contribution in [-0.4, -0.2) is 22.9 Å². The molecule has 0 bridgehead atoms. The lowest BCUT2D eigenvalue weighted by atomic mass is 10.1. The number of aromatic nitrogens is 2. The molecule has 0 aliphatic heterocycles. The van der Waals surface area contributed by atoms with Crippen LogP contribution in [0.4, 0.5) is 0 Å². The first-order chi connectivity index (χ1) is 8.82. The van der Waals surface area contributed by atoms with Crippen LogP contribution in [0.1, 0.15) is 18.9 Å². The second kappa shape index (κ2) is 4.63. The van der Waals surface area contributed by atoms with E-state index in [0.29, 0.717) is 18.4 Å². The van der Waals surface area contributed by atoms with Gasteiger partial charge < -0.3 is 4.98 Å². The first-order valence-corrected chi connectivity index (χ1v) is 7.03. The van der Waals surface area contributed by atoms with Crippen LogP contribution in [0.25, 0.3) is 10.9 Å². The van der Waals surface area contributed by atoms with Crippen LogP contribution in [0, 0.1) is 0 Å². The molecule has 102 valence electrons. The second-order valence-corrected chi connectivity index (χ2v) is 5.56. The standard InChI is InChI=1S/C11H12N2O5S/c1-2-3-6-4-7(19(16,17)18)5-8-9(6)10(14)13-11(15)12-8/h4-5H,2-3H2,1H3,(H,16,17,18)(H2,12,13,14,15). The molecule has 1 heterocycles. The van der Waals surface area contributed by atoms with Crippen molar-refractivity contribution in [1.82, 2.24) is 9.97 Å². The molecule has 0 radical (unpaired) electrons. The number of nitrogens with one attached hydrogen (secondary N) is 2. The number of aryl methyl sites for hydroxylation is 1. The van der Waals surface area contributed by atoms with E-state index in [9.17, 15) is 18.0 Å². The minimum absolute atomic E-state index is 0.0901. The Morgan fingerprint density at radius 1 is 1.21 bits per heavy atom. The van der Waals surface area contributed by atoms with E-state index in [1.54, 1.807) is 0 Å². The summed E-state index contributed by atoms with van der Waals surface area (Å²) in [5.41, 5.74) is -0.756. The smallest absolute Gasteiger partial charge is 0.307 e. The Kier molecular flexibility index (Phi) is 3.29. The Labute approximate surface area is 108 Å². The Balaban J connectivity index is 2.95. The van der Waals surface area contributed by atoms with E-state index in [0.717, 1.165) is 6.07 Å². The number of hydrogen-bond acceptors (Lipinski definition) is 4. The van der Waals surface area contributed by atoms with Crippen molar-refractivity contribution >= 4 is 21.0 Å². The zero-order chi connectivity index (χ0) is 14.2. The minimum Gasteiger partial charge on any atom is -0.307 e. The first-order valence-electron chi connectivity index (χ1n) is 5.59. The molecule has 0 fully saturated rings. The van der Waals surface area contributed by atoms with Crippen LogP contribution in [0.5, 0.6) is 0 Å². The summed E-state index contributed by atoms with van der Waals surface area (Å²) in [5, 5.41) is 0.230. The molecule has 3 N–H and O–H groups in total. The van der Waals surface area contributed by atoms with Gasteiger partial charge in [0.05, 0.1) is 15.8 Å². The highest BCUT2D eigenvalue weighted by molar-refractivity contribution is 7.85. The van der Waals surface area contributed by atoms with E-state index in [2.05, 4.69) is 9.97 Å². The molecule has 19 heavy (non-hydrogen) atoms. The monoisotopic (exact) mass is 284 g/mol. The largest absolute Gasteiger partial charge is 0.326 e. The highest BCUT2D eigenvalue weighted by atomic mass is 32.2. The Bertz CT molecular complexity index is 847. The summed E-state index contributed by atoms with van der Waals surface area (Å²) in [5.74, 6) is 0. The van der Waals surface area contributed by atoms with Crippen molar-refractivity contribution in [3.05, 3.63) is 38.5 Å². The van der Waals surface area contributed by atoms with Gasteiger partial charge in [-0.2, -0.15) is 8.42 Å². The van der Waals surface area contributed by atoms with Gasteiger partial charge in [-0.15, -0.1) is 0 Å². The molecule has 7 nitrogen and oxygen atoms in total. The average molecular weight is 284 g/mol. The Morgan fingerprint density at radius 3 is 2.47 bits per heavy atom. The molecule has 0 saturated carbocycles. The molecule has 8 heteroatoms. The normalized spacial score (nSPS) is 11.9. The van der Waals surface area contributed by atoms with Crippen LogP contribution in [-0.2, 0) is 16.5 Å². The van der Waals surface area contributed by atoms with Crippen LogP contribution in [0.3, 0.4) is 0 Å². The predicted octanol–water partition coefficient (Wildman–Crippen LogP) is 0.416. The van der Waals surface area contributed by atoms with Gasteiger partial charge >= 0.3 is 5.69 Å². The molecular formula is C11H12N2O5S. The van der Waals surface area contributed by atoms with Crippen LogP contribution in [0.15, 0.2) is 26.6 Å². The summed E-state index contributed by atoms with van der Waals surface area (Å²) >= 11 is 0. The number of H-pyrrole nitrogens is 2. The Hall–Kier alpha value is -1.93. The summed E-state index contributed by atoms with van der Waals surface area (Å²) in [6.07, 6.45) is 1.14. The van der Waals surface area contributed by atoms with Gasteiger partial charge in [0.25, 0.3) is 15.7 Å². The summed E-state index contributed by atoms with van der Waals surface area (Å²) < 4.78 is 31.4. The first kappa shape index (κ1) is 13.5. The number of benzene rings is 1. The number of rotatable bonds is 3. The van der Waals surface area contributed by atoms with Crippen LogP contribution < -0.4 is 11.2 Å². The highest BCUT2D eigenvalue weighted by Crippen LogP contribution is 2.20. The van der Waals surface area contributed by atoms with Gasteiger partial charge in [0.2, 0.25) is 0 Å². The number of aromatic amines is 2. The lowest BCUT2D eigenvalue weighted by Gasteiger charge is -2.07. The molecule has 1 aromatic carbocycles. The van der Waals surface area contributed by atoms with Gasteiger partial charge in [-0.05, 0) is 24.1 Å². The number of fused-ring (bicyclic) bond motifs is 1. The SMILES string of the molecule is CCCc1cc(S(=O)(=O)O)cc2[nH]c(=O)[nH]c(=O)c12. The maximum Gasteiger partial charge on any atom is 0.326 e. The van der Waals surface area contributed by atoms with Gasteiger partial charge in [-0.25, -0.2) is 4.79 Å². The van der Waals surface area contributed by atoms with Gasteiger partial charge in [0.1, 0.15) is 0 Å². The maximum atomic E-state index is 11.8. The van der Waals surface area contributed by atoms with E-state index in [1.807, 2.05) is 6.92 Å². The van der Waals surface area contributed by atoms with Crippen molar-refractivity contribution in [3.8, 4) is 0 Å². The quantitative estimate of drug-likeness (QED) is 0.705. The average Bonchev–Trinajstić information content (AvgIpc) is 2.26. The van der Waals surface area contributed by atoms with Gasteiger partial charge in [-0.1, -0.05) is 13.3 Å². The maximum absolute atomic E-state index is 11.8. The second-order valence-electron chi connectivity index (χ2n) is 4.14. The molecule has 1 aromatic heterocycles. The third-order valence-corrected chi connectivity index (χ3v) is 3.54. The fraction of sp³-hybridized carbons (Fsp3) is 0.273. The molecule has 0 saturated heterocycles. The van der Waals surface area contributed by atoms with Crippen molar-refractivity contribution in [1.29, 1.82) is 0 Å². The minimum atomic E-state index is -4.40. The van der Waals surface area contributed by atoms with Crippen molar-refractivity contribution in [2.24, 2.45) is 0 Å². The van der Waals surface area contributed by atoms with Gasteiger partial charge in [0, 0.05) is 0 Å². The summed E-state index contributed by atoms with van der Waals surface area (Å²) in [4.78, 5) is 27.1. The molecule has 0 aliphatic rings. The lowest BCUT2D eigenvalue weighted by molar-refractivity contribution is 0.483. The molecule has 0 aliphatic carbocycles. The fourth-order valence-electron chi connectivity index (χ4n) is 1.97. The fourth-order valence-corrected chi connectivity index (χ4v) is 2.53. The topological polar surface area (TPSA) is 120 Å². The Morgan fingerprint density at radius 2 is 1.89 bits per heavy atom. The third kappa shape index (κ3) is 2.59. The third-order valence-electron chi connectivity index (χ3n) is 2.71. The highest BCUT2D eigenvalue weighted by Gasteiger charge is 2.15. The van der Waals surface area contributed by atoms with Gasteiger partial charge in [-0.3, -0.25) is 14.3 Å². The van der Waals surface area contributed by atoms with E-state index in [4.69, 9.17) is 4.55 Å². The molecule has 0 spiro atoms. The zero-order valence-electron chi connectivity index (χ0n) is 10.1. The molecule has 0 amide bonds. The summed E-state index contributed by atoms with van der Waals surface area (Å²) in [6, 6.07) is 2.31. The zero-order valence-corrected chi connectivity index (χ0v) is 10.9. The van der Waals surface area contributed by atoms with E-state index in [1.165, 1.54) is 6.07 Å². The van der Waals surface area contributed by atoms with Gasteiger partial charge in [0.15, 0.2) is 0 Å². The van der Waals surface area contributed by atoms with Crippen molar-refractivity contribution < 1.29 is 13.0 Å². The van der Waals surface area contributed by atoms with Crippen molar-refractivity contribution in [2.75, 3.05) is 0 Å². The van der Waals surface area contributed by atoms with E-state index >= 15 is 0 Å². The molecular weight excluding hydrogens is 272 g/mol. The molecule has 2 aromatic rings. The van der Waals surface area contributed by atoms with E-state index < -0.39 is 21.4 Å². The predicted molar refractivity (Wildman–Crippen MR) is 69.0 cm³/mol. The van der Waals surface area contributed by atoms with Crippen molar-refractivity contribution in [3.63, 3.8) is 0 Å². The van der Waals surface area contributed by atoms with Crippen molar-refractivity contribution in [2.45, 2.75) is 24.7 Å².